The van der Waals surface area contributed by atoms with E-state index in [4.69, 9.17) is 9.47 Å². The lowest BCUT2D eigenvalue weighted by molar-refractivity contribution is 0.0229. The molecule has 1 saturated heterocycles. The summed E-state index contributed by atoms with van der Waals surface area (Å²) in [6.45, 7) is 5.28. The molecule has 0 saturated carbocycles. The third-order valence-corrected chi connectivity index (χ3v) is 4.91. The highest BCUT2D eigenvalue weighted by molar-refractivity contribution is 5.40. The Hall–Kier alpha value is -1.06. The van der Waals surface area contributed by atoms with Crippen molar-refractivity contribution in [1.29, 1.82) is 0 Å². The Morgan fingerprint density at radius 1 is 1.35 bits per heavy atom. The topological polar surface area (TPSA) is 30.5 Å². The van der Waals surface area contributed by atoms with Gasteiger partial charge in [-0.3, -0.25) is 0 Å². The smallest absolute Gasteiger partial charge is 0.119 e. The molecule has 3 nitrogen and oxygen atoms in total. The van der Waals surface area contributed by atoms with Crippen molar-refractivity contribution in [2.45, 2.75) is 38.6 Å². The summed E-state index contributed by atoms with van der Waals surface area (Å²) < 4.78 is 10.8. The highest BCUT2D eigenvalue weighted by Gasteiger charge is 2.30. The van der Waals surface area contributed by atoms with Crippen molar-refractivity contribution in [2.24, 2.45) is 5.41 Å². The number of hydrogen-bond acceptors (Lipinski definition) is 3. The van der Waals surface area contributed by atoms with Gasteiger partial charge in [0.05, 0.1) is 7.11 Å². The number of hydrogen-bond donors (Lipinski definition) is 1. The maximum atomic E-state index is 5.48. The molecular formula is C17H25NO2. The second-order valence-corrected chi connectivity index (χ2v) is 6.46. The summed E-state index contributed by atoms with van der Waals surface area (Å²) in [7, 11) is 1.74. The lowest BCUT2D eigenvalue weighted by Gasteiger charge is -2.35. The van der Waals surface area contributed by atoms with Gasteiger partial charge in [-0.1, -0.05) is 13.0 Å². The average molecular weight is 275 g/mol. The Kier molecular flexibility index (Phi) is 3.99. The molecule has 2 aliphatic rings. The highest BCUT2D eigenvalue weighted by atomic mass is 16.5. The van der Waals surface area contributed by atoms with Gasteiger partial charge >= 0.3 is 0 Å². The van der Waals surface area contributed by atoms with Crippen LogP contribution in [0.3, 0.4) is 0 Å². The maximum Gasteiger partial charge on any atom is 0.119 e. The van der Waals surface area contributed by atoms with Crippen LogP contribution >= 0.6 is 0 Å². The normalized spacial score (nSPS) is 24.4. The molecule has 0 amide bonds. The number of aryl methyl sites for hydroxylation is 1. The number of fused-ring (bicyclic) bond motifs is 1. The van der Waals surface area contributed by atoms with Gasteiger partial charge in [0.25, 0.3) is 0 Å². The van der Waals surface area contributed by atoms with Crippen LogP contribution in [0.4, 0.5) is 0 Å². The minimum atomic E-state index is 0.389. The van der Waals surface area contributed by atoms with Gasteiger partial charge in [0.15, 0.2) is 0 Å². The monoisotopic (exact) mass is 275 g/mol. The summed E-state index contributed by atoms with van der Waals surface area (Å²) in [5.41, 5.74) is 3.29. The predicted molar refractivity (Wildman–Crippen MR) is 80.2 cm³/mol. The van der Waals surface area contributed by atoms with Crippen LogP contribution in [0, 0.1) is 5.41 Å². The molecule has 1 aromatic carbocycles. The quantitative estimate of drug-likeness (QED) is 0.916. The van der Waals surface area contributed by atoms with E-state index >= 15 is 0 Å². The van der Waals surface area contributed by atoms with Crippen LogP contribution in [0.2, 0.25) is 0 Å². The Morgan fingerprint density at radius 2 is 2.15 bits per heavy atom. The number of rotatable bonds is 4. The van der Waals surface area contributed by atoms with E-state index in [9.17, 15) is 0 Å². The van der Waals surface area contributed by atoms with Gasteiger partial charge in [-0.05, 0) is 54.4 Å². The fourth-order valence-electron chi connectivity index (χ4n) is 3.33. The largest absolute Gasteiger partial charge is 0.497 e. The lowest BCUT2D eigenvalue weighted by atomic mass is 9.82. The van der Waals surface area contributed by atoms with Crippen molar-refractivity contribution < 1.29 is 9.47 Å². The minimum absolute atomic E-state index is 0.389. The first-order valence-corrected chi connectivity index (χ1v) is 7.68. The molecule has 0 radical (unpaired) electrons. The van der Waals surface area contributed by atoms with Gasteiger partial charge in [0, 0.05) is 25.8 Å². The zero-order chi connectivity index (χ0) is 14.0. The molecule has 1 aromatic rings. The SMILES string of the molecule is COc1ccc2c(c1)C(NCC1(C)CCOCC1)CC2. The summed E-state index contributed by atoms with van der Waals surface area (Å²) >= 11 is 0. The van der Waals surface area contributed by atoms with E-state index < -0.39 is 0 Å². The van der Waals surface area contributed by atoms with Crippen molar-refractivity contribution in [3.8, 4) is 5.75 Å². The van der Waals surface area contributed by atoms with Crippen LogP contribution in [0.15, 0.2) is 18.2 Å². The molecule has 110 valence electrons. The van der Waals surface area contributed by atoms with Crippen LogP contribution in [-0.2, 0) is 11.2 Å². The fourth-order valence-corrected chi connectivity index (χ4v) is 3.33. The average Bonchev–Trinajstić information content (AvgIpc) is 2.88. The summed E-state index contributed by atoms with van der Waals surface area (Å²) in [4.78, 5) is 0. The molecule has 1 N–H and O–H groups in total. The number of ether oxygens (including phenoxy) is 2. The number of methoxy groups -OCH3 is 1. The number of benzene rings is 1. The van der Waals surface area contributed by atoms with E-state index in [1.807, 2.05) is 0 Å². The molecule has 0 spiro atoms. The van der Waals surface area contributed by atoms with Gasteiger partial charge in [-0.15, -0.1) is 0 Å². The first kappa shape index (κ1) is 13.9. The van der Waals surface area contributed by atoms with E-state index in [2.05, 4.69) is 30.4 Å². The van der Waals surface area contributed by atoms with E-state index in [1.54, 1.807) is 7.11 Å². The molecule has 1 aliphatic carbocycles. The molecule has 0 bridgehead atoms. The zero-order valence-corrected chi connectivity index (χ0v) is 12.6. The molecule has 1 heterocycles. The molecule has 1 aliphatic heterocycles. The van der Waals surface area contributed by atoms with Crippen molar-refractivity contribution in [3.05, 3.63) is 29.3 Å². The summed E-state index contributed by atoms with van der Waals surface area (Å²) in [5, 5.41) is 3.79. The fraction of sp³-hybridized carbons (Fsp3) is 0.647. The van der Waals surface area contributed by atoms with Gasteiger partial charge in [0.1, 0.15) is 5.75 Å². The zero-order valence-electron chi connectivity index (χ0n) is 12.6. The molecule has 3 heteroatoms. The second-order valence-electron chi connectivity index (χ2n) is 6.46. The molecule has 1 atom stereocenters. The van der Waals surface area contributed by atoms with Gasteiger partial charge < -0.3 is 14.8 Å². The summed E-state index contributed by atoms with van der Waals surface area (Å²) in [6, 6.07) is 6.97. The Morgan fingerprint density at radius 3 is 2.90 bits per heavy atom. The first-order chi connectivity index (χ1) is 9.70. The van der Waals surface area contributed by atoms with Crippen molar-refractivity contribution >= 4 is 0 Å². The predicted octanol–water partition coefficient (Wildman–Crippen LogP) is 3.09. The molecule has 20 heavy (non-hydrogen) atoms. The third-order valence-electron chi connectivity index (χ3n) is 4.91. The Labute approximate surface area is 121 Å². The van der Waals surface area contributed by atoms with Crippen LogP contribution in [0.5, 0.6) is 5.75 Å². The molecule has 1 unspecified atom stereocenters. The van der Waals surface area contributed by atoms with Crippen LogP contribution < -0.4 is 10.1 Å². The summed E-state index contributed by atoms with van der Waals surface area (Å²) in [6.07, 6.45) is 4.71. The van der Waals surface area contributed by atoms with Gasteiger partial charge in [-0.25, -0.2) is 0 Å². The van der Waals surface area contributed by atoms with E-state index in [0.717, 1.165) is 38.3 Å². The molecular weight excluding hydrogens is 250 g/mol. The second kappa shape index (κ2) is 5.74. The highest BCUT2D eigenvalue weighted by Crippen LogP contribution is 2.35. The number of nitrogens with one attached hydrogen (secondary N) is 1. The van der Waals surface area contributed by atoms with Gasteiger partial charge in [-0.2, -0.15) is 0 Å². The minimum Gasteiger partial charge on any atom is -0.497 e. The maximum absolute atomic E-state index is 5.48. The first-order valence-electron chi connectivity index (χ1n) is 7.68. The Bertz CT molecular complexity index is 466. The third kappa shape index (κ3) is 2.84. The van der Waals surface area contributed by atoms with E-state index in [-0.39, 0.29) is 0 Å². The summed E-state index contributed by atoms with van der Waals surface area (Å²) in [5.74, 6) is 0.967. The van der Waals surface area contributed by atoms with Crippen molar-refractivity contribution in [1.82, 2.24) is 5.32 Å². The molecule has 3 rings (SSSR count). The van der Waals surface area contributed by atoms with Gasteiger partial charge in [0.2, 0.25) is 0 Å². The van der Waals surface area contributed by atoms with E-state index in [1.165, 1.54) is 24.0 Å². The van der Waals surface area contributed by atoms with E-state index in [0.29, 0.717) is 11.5 Å². The Balaban J connectivity index is 1.65. The van der Waals surface area contributed by atoms with Crippen molar-refractivity contribution in [2.75, 3.05) is 26.9 Å². The van der Waals surface area contributed by atoms with Crippen LogP contribution in [0.25, 0.3) is 0 Å². The standard InChI is InChI=1S/C17H25NO2/c1-17(7-9-20-10-8-17)12-18-16-6-4-13-3-5-14(19-2)11-15(13)16/h3,5,11,16,18H,4,6-10,12H2,1-2H3. The van der Waals surface area contributed by atoms with Crippen LogP contribution in [0.1, 0.15) is 43.4 Å². The van der Waals surface area contributed by atoms with Crippen LogP contribution in [-0.4, -0.2) is 26.9 Å². The molecule has 1 fully saturated rings. The molecule has 0 aromatic heterocycles. The van der Waals surface area contributed by atoms with Crippen molar-refractivity contribution in [3.63, 3.8) is 0 Å². The lowest BCUT2D eigenvalue weighted by Crippen LogP contribution is -2.37.